The van der Waals surface area contributed by atoms with Crippen LogP contribution in [0.1, 0.15) is 11.1 Å². The van der Waals surface area contributed by atoms with Crippen LogP contribution >= 0.6 is 11.8 Å². The second-order valence-electron chi connectivity index (χ2n) is 6.09. The summed E-state index contributed by atoms with van der Waals surface area (Å²) in [5.41, 5.74) is 2.58. The topological polar surface area (TPSA) is 38.3 Å². The molecule has 132 valence electrons. The Morgan fingerprint density at radius 1 is 1.32 bits per heavy atom. The Kier molecular flexibility index (Phi) is 5.27. The number of halogens is 2. The molecule has 0 spiro atoms. The third kappa shape index (κ3) is 3.95. The zero-order valence-electron chi connectivity index (χ0n) is 14.1. The van der Waals surface area contributed by atoms with Gasteiger partial charge < -0.3 is 10.1 Å². The van der Waals surface area contributed by atoms with E-state index in [0.29, 0.717) is 41.2 Å². The van der Waals surface area contributed by atoms with Crippen LogP contribution in [-0.2, 0) is 11.2 Å². The molecule has 1 unspecified atom stereocenters. The number of thioether (sulfide) groups is 1. The van der Waals surface area contributed by atoms with E-state index in [1.54, 1.807) is 19.1 Å². The monoisotopic (exact) mass is 363 g/mol. The van der Waals surface area contributed by atoms with E-state index in [-0.39, 0.29) is 23.6 Å². The van der Waals surface area contributed by atoms with Gasteiger partial charge in [0, 0.05) is 17.5 Å². The Balaban J connectivity index is 1.83. The van der Waals surface area contributed by atoms with Crippen molar-refractivity contribution >= 4 is 17.7 Å². The molecule has 1 N–H and O–H groups in total. The number of nitrogens with one attached hydrogen (secondary N) is 1. The van der Waals surface area contributed by atoms with Crippen molar-refractivity contribution in [1.82, 2.24) is 5.32 Å². The molecule has 0 fully saturated rings. The van der Waals surface area contributed by atoms with Crippen LogP contribution in [0.15, 0.2) is 30.3 Å². The van der Waals surface area contributed by atoms with E-state index >= 15 is 0 Å². The summed E-state index contributed by atoms with van der Waals surface area (Å²) in [4.78, 5) is 11.6. The summed E-state index contributed by atoms with van der Waals surface area (Å²) >= 11 is 1.45. The molecule has 1 amide bonds. The quantitative estimate of drug-likeness (QED) is 0.880. The molecule has 2 aromatic rings. The van der Waals surface area contributed by atoms with E-state index in [9.17, 15) is 13.6 Å². The van der Waals surface area contributed by atoms with Gasteiger partial charge in [-0.2, -0.15) is 11.8 Å². The van der Waals surface area contributed by atoms with E-state index in [1.807, 2.05) is 6.26 Å². The van der Waals surface area contributed by atoms with Crippen molar-refractivity contribution < 1.29 is 18.3 Å². The molecule has 0 saturated heterocycles. The van der Waals surface area contributed by atoms with Crippen LogP contribution in [-0.4, -0.2) is 30.6 Å². The van der Waals surface area contributed by atoms with Gasteiger partial charge in [0.1, 0.15) is 23.5 Å². The van der Waals surface area contributed by atoms with Crippen LogP contribution in [0.25, 0.3) is 11.1 Å². The average Bonchev–Trinajstić information content (AvgIpc) is 2.98. The van der Waals surface area contributed by atoms with Crippen molar-refractivity contribution in [2.24, 2.45) is 0 Å². The molecular formula is C19H19F2NO2S. The molecule has 0 aliphatic carbocycles. The summed E-state index contributed by atoms with van der Waals surface area (Å²) in [7, 11) is 0. The van der Waals surface area contributed by atoms with Gasteiger partial charge in [0.25, 0.3) is 0 Å². The minimum absolute atomic E-state index is 0.0485. The van der Waals surface area contributed by atoms with E-state index in [4.69, 9.17) is 4.74 Å². The first kappa shape index (κ1) is 17.7. The number of carbonyl (C=O) groups excluding carboxylic acids is 1. The van der Waals surface area contributed by atoms with E-state index in [0.717, 1.165) is 5.56 Å². The van der Waals surface area contributed by atoms with E-state index < -0.39 is 0 Å². The van der Waals surface area contributed by atoms with Crippen LogP contribution < -0.4 is 10.1 Å². The van der Waals surface area contributed by atoms with Crippen molar-refractivity contribution in [3.63, 3.8) is 0 Å². The number of rotatable bonds is 5. The number of aryl methyl sites for hydroxylation is 1. The predicted molar refractivity (Wildman–Crippen MR) is 96.0 cm³/mol. The van der Waals surface area contributed by atoms with Gasteiger partial charge in [0.15, 0.2) is 0 Å². The maximum absolute atomic E-state index is 14.0. The summed E-state index contributed by atoms with van der Waals surface area (Å²) in [5, 5.41) is 2.82. The normalized spacial score (nSPS) is 15.6. The molecule has 25 heavy (non-hydrogen) atoms. The second kappa shape index (κ2) is 7.44. The van der Waals surface area contributed by atoms with Gasteiger partial charge in [0.2, 0.25) is 5.91 Å². The van der Waals surface area contributed by atoms with Gasteiger partial charge in [-0.15, -0.1) is 0 Å². The van der Waals surface area contributed by atoms with Gasteiger partial charge in [0.05, 0.1) is 12.3 Å². The number of fused-ring (bicyclic) bond motifs is 1. The SMILES string of the molecule is CSCC(=O)NCC1Cc2cc(F)cc(-c3ccc(F)c(C)c3)c2O1. The first-order valence-electron chi connectivity index (χ1n) is 7.99. The number of carbonyl (C=O) groups is 1. The van der Waals surface area contributed by atoms with Gasteiger partial charge in [-0.05, 0) is 48.6 Å². The van der Waals surface area contributed by atoms with Crippen molar-refractivity contribution in [2.45, 2.75) is 19.4 Å². The highest BCUT2D eigenvalue weighted by atomic mass is 32.2. The molecule has 0 aromatic heterocycles. The number of ether oxygens (including phenoxy) is 1. The van der Waals surface area contributed by atoms with Gasteiger partial charge in [-0.25, -0.2) is 8.78 Å². The molecular weight excluding hydrogens is 344 g/mol. The highest BCUT2D eigenvalue weighted by Crippen LogP contribution is 2.40. The summed E-state index contributed by atoms with van der Waals surface area (Å²) in [6, 6.07) is 7.53. The minimum Gasteiger partial charge on any atom is -0.487 e. The molecule has 0 bridgehead atoms. The standard InChI is InChI=1S/C19H19F2NO2S/c1-11-5-12(3-4-17(11)21)16-8-14(20)6-13-7-15(24-19(13)16)9-22-18(23)10-25-2/h3-6,8,15H,7,9-10H2,1-2H3,(H,22,23). The zero-order valence-corrected chi connectivity index (χ0v) is 14.9. The largest absolute Gasteiger partial charge is 0.487 e. The Hall–Kier alpha value is -2.08. The maximum Gasteiger partial charge on any atom is 0.230 e. The van der Waals surface area contributed by atoms with Gasteiger partial charge in [-0.1, -0.05) is 6.07 Å². The summed E-state index contributed by atoms with van der Waals surface area (Å²) in [5.74, 6) is 0.302. The fourth-order valence-corrected chi connectivity index (χ4v) is 3.31. The summed E-state index contributed by atoms with van der Waals surface area (Å²) in [6.07, 6.45) is 2.16. The maximum atomic E-state index is 14.0. The second-order valence-corrected chi connectivity index (χ2v) is 6.95. The molecule has 1 heterocycles. The first-order valence-corrected chi connectivity index (χ1v) is 9.38. The van der Waals surface area contributed by atoms with Crippen LogP contribution in [0.3, 0.4) is 0 Å². The van der Waals surface area contributed by atoms with Gasteiger partial charge >= 0.3 is 0 Å². The summed E-state index contributed by atoms with van der Waals surface area (Å²) in [6.45, 7) is 2.04. The molecule has 1 aliphatic heterocycles. The number of hydrogen-bond donors (Lipinski definition) is 1. The fourth-order valence-electron chi connectivity index (χ4n) is 2.94. The third-order valence-corrected chi connectivity index (χ3v) is 4.68. The van der Waals surface area contributed by atoms with Crippen molar-refractivity contribution in [3.8, 4) is 16.9 Å². The molecule has 1 atom stereocenters. The molecule has 1 aliphatic rings. The van der Waals surface area contributed by atoms with E-state index in [2.05, 4.69) is 5.32 Å². The third-order valence-electron chi connectivity index (χ3n) is 4.13. The van der Waals surface area contributed by atoms with Crippen LogP contribution in [0.5, 0.6) is 5.75 Å². The Morgan fingerprint density at radius 3 is 2.84 bits per heavy atom. The van der Waals surface area contributed by atoms with Crippen LogP contribution in [0.4, 0.5) is 8.78 Å². The highest BCUT2D eigenvalue weighted by molar-refractivity contribution is 7.99. The lowest BCUT2D eigenvalue weighted by molar-refractivity contribution is -0.118. The van der Waals surface area contributed by atoms with Crippen LogP contribution in [0.2, 0.25) is 0 Å². The van der Waals surface area contributed by atoms with Crippen molar-refractivity contribution in [2.75, 3.05) is 18.6 Å². The number of amides is 1. The molecule has 3 rings (SSSR count). The predicted octanol–water partition coefficient (Wildman–Crippen LogP) is 3.72. The Morgan fingerprint density at radius 2 is 2.12 bits per heavy atom. The van der Waals surface area contributed by atoms with E-state index in [1.165, 1.54) is 30.0 Å². The molecule has 2 aromatic carbocycles. The molecule has 3 nitrogen and oxygen atoms in total. The number of hydrogen-bond acceptors (Lipinski definition) is 3. The van der Waals surface area contributed by atoms with Gasteiger partial charge in [-0.3, -0.25) is 4.79 Å². The number of benzene rings is 2. The molecule has 0 saturated carbocycles. The highest BCUT2D eigenvalue weighted by Gasteiger charge is 2.27. The Labute approximate surface area is 149 Å². The Bertz CT molecular complexity index is 810. The minimum atomic E-state index is -0.355. The smallest absolute Gasteiger partial charge is 0.230 e. The first-order chi connectivity index (χ1) is 12.0. The zero-order chi connectivity index (χ0) is 18.0. The lowest BCUT2D eigenvalue weighted by Gasteiger charge is -2.14. The lowest BCUT2D eigenvalue weighted by Crippen LogP contribution is -2.35. The fraction of sp³-hybridized carbons (Fsp3) is 0.316. The van der Waals surface area contributed by atoms with Crippen molar-refractivity contribution in [3.05, 3.63) is 53.1 Å². The molecule has 0 radical (unpaired) electrons. The van der Waals surface area contributed by atoms with Crippen molar-refractivity contribution in [1.29, 1.82) is 0 Å². The summed E-state index contributed by atoms with van der Waals surface area (Å²) < 4.78 is 33.5. The van der Waals surface area contributed by atoms with Crippen LogP contribution in [0, 0.1) is 18.6 Å². The lowest BCUT2D eigenvalue weighted by atomic mass is 9.99. The average molecular weight is 363 g/mol. The molecule has 6 heteroatoms.